The summed E-state index contributed by atoms with van der Waals surface area (Å²) in [5.41, 5.74) is 1.66. The summed E-state index contributed by atoms with van der Waals surface area (Å²) in [6.07, 6.45) is 9.10. The van der Waals surface area contributed by atoms with Gasteiger partial charge in [0.05, 0.1) is 24.5 Å². The first-order valence-corrected chi connectivity index (χ1v) is 11.5. The second-order valence-corrected chi connectivity index (χ2v) is 9.24. The Labute approximate surface area is 171 Å². The van der Waals surface area contributed by atoms with Crippen LogP contribution in [0.2, 0.25) is 0 Å². The van der Waals surface area contributed by atoms with Crippen LogP contribution in [0.1, 0.15) is 37.3 Å². The van der Waals surface area contributed by atoms with Gasteiger partial charge in [-0.2, -0.15) is 0 Å². The second-order valence-electron chi connectivity index (χ2n) is 7.48. The van der Waals surface area contributed by atoms with Crippen molar-refractivity contribution in [3.8, 4) is 5.75 Å². The molecule has 0 saturated carbocycles. The van der Waals surface area contributed by atoms with Gasteiger partial charge in [-0.1, -0.05) is 25.0 Å². The third-order valence-electron chi connectivity index (χ3n) is 5.59. The minimum absolute atomic E-state index is 0.0157. The first-order chi connectivity index (χ1) is 14.0. The van der Waals surface area contributed by atoms with Gasteiger partial charge in [0.2, 0.25) is 0 Å². The van der Waals surface area contributed by atoms with Crippen molar-refractivity contribution >= 4 is 21.8 Å². The fraction of sp³-hybridized carbons (Fsp3) is 0.429. The molecular formula is C21H25N3O4S. The fourth-order valence-corrected chi connectivity index (χ4v) is 4.99. The van der Waals surface area contributed by atoms with Crippen LogP contribution in [0.15, 0.2) is 52.6 Å². The van der Waals surface area contributed by atoms with Crippen molar-refractivity contribution in [2.45, 2.75) is 31.7 Å². The van der Waals surface area contributed by atoms with E-state index in [9.17, 15) is 13.2 Å². The average molecular weight is 416 g/mol. The molecule has 1 fully saturated rings. The number of methoxy groups -OCH3 is 1. The van der Waals surface area contributed by atoms with Crippen LogP contribution < -0.4 is 4.74 Å². The van der Waals surface area contributed by atoms with Crippen LogP contribution in [0.25, 0.3) is 0 Å². The lowest BCUT2D eigenvalue weighted by Gasteiger charge is -2.33. The Hall–Kier alpha value is -2.61. The SMILES string of the molecule is COc1ccc([C@@H]2CCCCCN2C(=O)C2=CN3CCS(=O)(=O)N=C3C=C2)cc1. The van der Waals surface area contributed by atoms with Crippen molar-refractivity contribution in [3.63, 3.8) is 0 Å². The topological polar surface area (TPSA) is 79.3 Å². The van der Waals surface area contributed by atoms with E-state index in [1.165, 1.54) is 0 Å². The van der Waals surface area contributed by atoms with Gasteiger partial charge in [0.15, 0.2) is 0 Å². The van der Waals surface area contributed by atoms with Gasteiger partial charge in [0.1, 0.15) is 11.6 Å². The van der Waals surface area contributed by atoms with Crippen molar-refractivity contribution in [1.82, 2.24) is 9.80 Å². The zero-order chi connectivity index (χ0) is 20.4. The Balaban J connectivity index is 1.60. The van der Waals surface area contributed by atoms with Gasteiger partial charge in [-0.15, -0.1) is 4.40 Å². The number of rotatable bonds is 3. The summed E-state index contributed by atoms with van der Waals surface area (Å²) in [6, 6.07) is 7.93. The monoisotopic (exact) mass is 415 g/mol. The average Bonchev–Trinajstić information content (AvgIpc) is 2.98. The molecule has 29 heavy (non-hydrogen) atoms. The molecule has 3 aliphatic heterocycles. The van der Waals surface area contributed by atoms with Gasteiger partial charge in [0.25, 0.3) is 15.9 Å². The molecule has 0 aliphatic carbocycles. The van der Waals surface area contributed by atoms with Gasteiger partial charge in [-0.25, -0.2) is 8.42 Å². The van der Waals surface area contributed by atoms with E-state index in [2.05, 4.69) is 4.40 Å². The van der Waals surface area contributed by atoms with E-state index in [4.69, 9.17) is 4.74 Å². The number of amidine groups is 1. The van der Waals surface area contributed by atoms with E-state index in [-0.39, 0.29) is 17.7 Å². The van der Waals surface area contributed by atoms with E-state index < -0.39 is 10.0 Å². The zero-order valence-electron chi connectivity index (χ0n) is 16.5. The highest BCUT2D eigenvalue weighted by molar-refractivity contribution is 7.90. The number of hydrogen-bond acceptors (Lipinski definition) is 5. The van der Waals surface area contributed by atoms with Crippen LogP contribution in [-0.2, 0) is 14.8 Å². The number of carbonyl (C=O) groups excluding carboxylic acids is 1. The Kier molecular flexibility index (Phi) is 5.45. The van der Waals surface area contributed by atoms with E-state index in [1.807, 2.05) is 29.2 Å². The summed E-state index contributed by atoms with van der Waals surface area (Å²) < 4.78 is 32.4. The highest BCUT2D eigenvalue weighted by Crippen LogP contribution is 2.33. The van der Waals surface area contributed by atoms with Crippen LogP contribution in [0.5, 0.6) is 5.75 Å². The lowest BCUT2D eigenvalue weighted by atomic mass is 9.99. The van der Waals surface area contributed by atoms with E-state index in [1.54, 1.807) is 30.4 Å². The first kappa shape index (κ1) is 19.7. The zero-order valence-corrected chi connectivity index (χ0v) is 17.3. The number of carbonyl (C=O) groups is 1. The molecule has 1 atom stereocenters. The maximum atomic E-state index is 13.4. The number of ether oxygens (including phenoxy) is 1. The molecular weight excluding hydrogens is 390 g/mol. The number of benzene rings is 1. The molecule has 0 N–H and O–H groups in total. The fourth-order valence-electron chi connectivity index (χ4n) is 4.02. The summed E-state index contributed by atoms with van der Waals surface area (Å²) >= 11 is 0. The lowest BCUT2D eigenvalue weighted by Crippen LogP contribution is -2.40. The number of fused-ring (bicyclic) bond motifs is 1. The van der Waals surface area contributed by atoms with Crippen molar-refractivity contribution in [1.29, 1.82) is 0 Å². The highest BCUT2D eigenvalue weighted by atomic mass is 32.2. The van der Waals surface area contributed by atoms with Crippen LogP contribution in [0.3, 0.4) is 0 Å². The van der Waals surface area contributed by atoms with Crippen molar-refractivity contribution in [3.05, 3.63) is 53.8 Å². The smallest absolute Gasteiger partial charge is 0.256 e. The minimum Gasteiger partial charge on any atom is -0.497 e. The molecule has 1 amide bonds. The summed E-state index contributed by atoms with van der Waals surface area (Å²) in [5.74, 6) is 1.09. The molecule has 1 aromatic rings. The van der Waals surface area contributed by atoms with Gasteiger partial charge >= 0.3 is 0 Å². The van der Waals surface area contributed by atoms with Crippen molar-refractivity contribution < 1.29 is 17.9 Å². The van der Waals surface area contributed by atoms with Gasteiger partial charge in [0, 0.05) is 19.3 Å². The molecule has 0 bridgehead atoms. The number of nitrogens with zero attached hydrogens (tertiary/aromatic N) is 3. The highest BCUT2D eigenvalue weighted by Gasteiger charge is 2.31. The summed E-state index contributed by atoms with van der Waals surface area (Å²) in [6.45, 7) is 1.01. The van der Waals surface area contributed by atoms with Gasteiger partial charge in [-0.05, 0) is 42.7 Å². The van der Waals surface area contributed by atoms with Crippen LogP contribution in [0, 0.1) is 0 Å². The lowest BCUT2D eigenvalue weighted by molar-refractivity contribution is -0.129. The second kappa shape index (κ2) is 8.02. The molecule has 1 saturated heterocycles. The quantitative estimate of drug-likeness (QED) is 0.758. The van der Waals surface area contributed by atoms with Gasteiger partial charge in [-0.3, -0.25) is 4.79 Å². The third-order valence-corrected chi connectivity index (χ3v) is 6.75. The van der Waals surface area contributed by atoms with Crippen molar-refractivity contribution in [2.75, 3.05) is 26.0 Å². The molecule has 8 heteroatoms. The molecule has 4 rings (SSSR count). The molecule has 7 nitrogen and oxygen atoms in total. The Bertz CT molecular complexity index is 980. The largest absolute Gasteiger partial charge is 0.497 e. The maximum absolute atomic E-state index is 13.4. The first-order valence-electron chi connectivity index (χ1n) is 9.91. The van der Waals surface area contributed by atoms with Crippen LogP contribution >= 0.6 is 0 Å². The predicted molar refractivity (Wildman–Crippen MR) is 111 cm³/mol. The van der Waals surface area contributed by atoms with Crippen molar-refractivity contribution in [2.24, 2.45) is 4.40 Å². The maximum Gasteiger partial charge on any atom is 0.256 e. The van der Waals surface area contributed by atoms with E-state index in [0.717, 1.165) is 37.0 Å². The molecule has 0 aromatic heterocycles. The molecule has 1 aromatic carbocycles. The Morgan fingerprint density at radius 3 is 2.66 bits per heavy atom. The summed E-state index contributed by atoms with van der Waals surface area (Å²) in [5, 5.41) is 0. The summed E-state index contributed by atoms with van der Waals surface area (Å²) in [4.78, 5) is 17.1. The standard InChI is InChI=1S/C21H25N3O4S/c1-28-18-9-6-16(7-10-18)19-5-3-2-4-12-24(19)21(25)17-8-11-20-22-29(26,27)14-13-23(20)15-17/h6-11,15,19H,2-5,12-14H2,1H3/t19-/m0/s1. The number of sulfonamides is 1. The summed E-state index contributed by atoms with van der Waals surface area (Å²) in [7, 11) is -1.77. The molecule has 3 aliphatic rings. The van der Waals surface area contributed by atoms with Crippen LogP contribution in [0.4, 0.5) is 0 Å². The van der Waals surface area contributed by atoms with Crippen LogP contribution in [-0.4, -0.2) is 55.9 Å². The molecule has 0 radical (unpaired) electrons. The van der Waals surface area contributed by atoms with E-state index >= 15 is 0 Å². The molecule has 0 unspecified atom stereocenters. The number of amides is 1. The number of hydrogen-bond donors (Lipinski definition) is 0. The normalized spacial score (nSPS) is 23.6. The molecule has 154 valence electrons. The predicted octanol–water partition coefficient (Wildman–Crippen LogP) is 2.64. The van der Waals surface area contributed by atoms with E-state index in [0.29, 0.717) is 24.5 Å². The van der Waals surface area contributed by atoms with Gasteiger partial charge < -0.3 is 14.5 Å². The Morgan fingerprint density at radius 1 is 1.10 bits per heavy atom. The third kappa shape index (κ3) is 4.22. The molecule has 0 spiro atoms. The Morgan fingerprint density at radius 2 is 1.90 bits per heavy atom. The number of likely N-dealkylation sites (tertiary alicyclic amines) is 1. The minimum atomic E-state index is -3.41. The molecule has 3 heterocycles.